The maximum Gasteiger partial charge on any atom is 0.198 e. The Balaban J connectivity index is 2.06. The molecule has 5 nitrogen and oxygen atoms in total. The molecule has 1 aliphatic heterocycles. The highest BCUT2D eigenvalue weighted by Crippen LogP contribution is 2.37. The summed E-state index contributed by atoms with van der Waals surface area (Å²) in [5.41, 5.74) is 6.40. The van der Waals surface area contributed by atoms with Crippen LogP contribution in [0.15, 0.2) is 27.5 Å². The Hall–Kier alpha value is -1.15. The van der Waals surface area contributed by atoms with Crippen LogP contribution in [0, 0.1) is 0 Å². The molecule has 2 N–H and O–H groups in total. The lowest BCUT2D eigenvalue weighted by atomic mass is 9.91. The van der Waals surface area contributed by atoms with Crippen LogP contribution in [0.3, 0.4) is 0 Å². The van der Waals surface area contributed by atoms with Crippen molar-refractivity contribution in [2.45, 2.75) is 30.6 Å². The van der Waals surface area contributed by atoms with Gasteiger partial charge in [-0.3, -0.25) is 9.59 Å². The van der Waals surface area contributed by atoms with E-state index in [1.54, 1.807) is 0 Å². The van der Waals surface area contributed by atoms with Gasteiger partial charge in [-0.05, 0) is 41.9 Å². The molecule has 0 amide bonds. The van der Waals surface area contributed by atoms with E-state index in [1.165, 1.54) is 23.9 Å². The van der Waals surface area contributed by atoms with E-state index < -0.39 is 15.6 Å². The van der Waals surface area contributed by atoms with E-state index in [4.69, 9.17) is 17.3 Å². The smallest absolute Gasteiger partial charge is 0.198 e. The van der Waals surface area contributed by atoms with E-state index in [-0.39, 0.29) is 32.6 Å². The number of Topliss-reactive ketones (excluding diaryl/α,β-unsaturated/α-hetero) is 2. The standard InChI is InChI=1S/C17H18ClNO4S2/c18-16-10-6-9-25(22,23)14(10)5-4-11(16)17(21)15-12(20)2-1-3-13(15)24-8-7-19/h4-5H,1-3,6-9,19H2. The molecule has 0 saturated carbocycles. The molecule has 2 aliphatic rings. The van der Waals surface area contributed by atoms with E-state index >= 15 is 0 Å². The van der Waals surface area contributed by atoms with Crippen LogP contribution in [0.5, 0.6) is 0 Å². The molecule has 8 heteroatoms. The molecule has 1 aromatic carbocycles. The Bertz CT molecular complexity index is 890. The van der Waals surface area contributed by atoms with Crippen LogP contribution in [0.2, 0.25) is 5.02 Å². The molecule has 1 heterocycles. The summed E-state index contributed by atoms with van der Waals surface area (Å²) in [5, 5.41) is 0.151. The van der Waals surface area contributed by atoms with E-state index in [2.05, 4.69) is 0 Å². The first-order valence-corrected chi connectivity index (χ1v) is 11.1. The van der Waals surface area contributed by atoms with Crippen molar-refractivity contribution in [3.8, 4) is 0 Å². The Morgan fingerprint density at radius 2 is 2.00 bits per heavy atom. The summed E-state index contributed by atoms with van der Waals surface area (Å²) < 4.78 is 24.0. The van der Waals surface area contributed by atoms with Crippen molar-refractivity contribution in [3.63, 3.8) is 0 Å². The molecule has 0 atom stereocenters. The highest BCUT2D eigenvalue weighted by atomic mass is 35.5. The van der Waals surface area contributed by atoms with Gasteiger partial charge in [-0.1, -0.05) is 11.6 Å². The summed E-state index contributed by atoms with van der Waals surface area (Å²) >= 11 is 7.79. The molecule has 0 fully saturated rings. The normalized spacial score (nSPS) is 19.2. The third kappa shape index (κ3) is 3.43. The molecule has 0 bridgehead atoms. The fourth-order valence-corrected chi connectivity index (χ4v) is 6.13. The number of thioether (sulfide) groups is 1. The molecule has 134 valence electrons. The summed E-state index contributed by atoms with van der Waals surface area (Å²) in [6, 6.07) is 2.85. The third-order valence-electron chi connectivity index (χ3n) is 4.39. The number of carbonyl (C=O) groups is 2. The van der Waals surface area contributed by atoms with Crippen LogP contribution in [-0.2, 0) is 21.1 Å². The Kier molecular flexibility index (Phi) is 5.39. The number of rotatable bonds is 5. The lowest BCUT2D eigenvalue weighted by molar-refractivity contribution is -0.115. The van der Waals surface area contributed by atoms with E-state index in [9.17, 15) is 18.0 Å². The second-order valence-corrected chi connectivity index (χ2v) is 9.66. The van der Waals surface area contributed by atoms with Crippen molar-refractivity contribution in [1.82, 2.24) is 0 Å². The second-order valence-electron chi connectivity index (χ2n) is 6.01. The molecule has 0 unspecified atom stereocenters. The van der Waals surface area contributed by atoms with Gasteiger partial charge in [0.15, 0.2) is 21.4 Å². The monoisotopic (exact) mass is 399 g/mol. The van der Waals surface area contributed by atoms with E-state index in [0.29, 0.717) is 37.1 Å². The maximum atomic E-state index is 13.0. The molecule has 3 rings (SSSR count). The quantitative estimate of drug-likeness (QED) is 0.604. The minimum atomic E-state index is -3.32. The lowest BCUT2D eigenvalue weighted by Crippen LogP contribution is -2.20. The van der Waals surface area contributed by atoms with Crippen molar-refractivity contribution >= 4 is 44.8 Å². The Morgan fingerprint density at radius 3 is 2.72 bits per heavy atom. The number of nitrogens with two attached hydrogens (primary N) is 1. The van der Waals surface area contributed by atoms with Gasteiger partial charge < -0.3 is 5.73 Å². The van der Waals surface area contributed by atoms with Gasteiger partial charge in [0.05, 0.1) is 21.2 Å². The predicted octanol–water partition coefficient (Wildman–Crippen LogP) is 2.55. The minimum absolute atomic E-state index is 0.00107. The van der Waals surface area contributed by atoms with Gasteiger partial charge >= 0.3 is 0 Å². The molecule has 1 aromatic rings. The fourth-order valence-electron chi connectivity index (χ4n) is 3.18. The van der Waals surface area contributed by atoms with E-state index in [0.717, 1.165) is 11.3 Å². The number of carbonyl (C=O) groups excluding carboxylic acids is 2. The summed E-state index contributed by atoms with van der Waals surface area (Å²) in [5.74, 6) is 0.0374. The van der Waals surface area contributed by atoms with Crippen LogP contribution in [-0.4, -0.2) is 38.0 Å². The van der Waals surface area contributed by atoms with Crippen molar-refractivity contribution < 1.29 is 18.0 Å². The average molecular weight is 400 g/mol. The first kappa shape index (κ1) is 18.6. The topological polar surface area (TPSA) is 94.3 Å². The molecular formula is C17H18ClNO4S2. The molecule has 25 heavy (non-hydrogen) atoms. The summed E-state index contributed by atoms with van der Waals surface area (Å²) in [4.78, 5) is 26.3. The number of hydrogen-bond donors (Lipinski definition) is 1. The number of halogens is 1. The molecule has 0 spiro atoms. The van der Waals surface area contributed by atoms with Crippen LogP contribution in [0.1, 0.15) is 35.2 Å². The molecule has 1 aliphatic carbocycles. The fraction of sp³-hybridized carbons (Fsp3) is 0.412. The highest BCUT2D eigenvalue weighted by molar-refractivity contribution is 8.03. The SMILES string of the molecule is NCCSC1=C(C(=O)c2ccc3c(c2Cl)CCS3(=O)=O)C(=O)CCC1. The van der Waals surface area contributed by atoms with Gasteiger partial charge in [-0.2, -0.15) is 0 Å². The summed E-state index contributed by atoms with van der Waals surface area (Å²) in [6.07, 6.45) is 2.02. The van der Waals surface area contributed by atoms with Crippen LogP contribution in [0.4, 0.5) is 0 Å². The lowest BCUT2D eigenvalue weighted by Gasteiger charge is -2.19. The first-order chi connectivity index (χ1) is 11.9. The van der Waals surface area contributed by atoms with Crippen LogP contribution in [0.25, 0.3) is 0 Å². The minimum Gasteiger partial charge on any atom is -0.330 e. The zero-order valence-corrected chi connectivity index (χ0v) is 15.9. The van der Waals surface area contributed by atoms with Crippen molar-refractivity contribution in [2.75, 3.05) is 18.1 Å². The Morgan fingerprint density at radius 1 is 1.24 bits per heavy atom. The number of ketones is 2. The molecule has 0 aromatic heterocycles. The summed E-state index contributed by atoms with van der Waals surface area (Å²) in [7, 11) is -3.32. The molecule has 0 radical (unpaired) electrons. The van der Waals surface area contributed by atoms with E-state index in [1.807, 2.05) is 0 Å². The van der Waals surface area contributed by atoms with Gasteiger partial charge in [0.1, 0.15) is 0 Å². The van der Waals surface area contributed by atoms with Gasteiger partial charge in [-0.25, -0.2) is 8.42 Å². The number of fused-ring (bicyclic) bond motifs is 1. The van der Waals surface area contributed by atoms with Gasteiger partial charge in [-0.15, -0.1) is 11.8 Å². The van der Waals surface area contributed by atoms with Gasteiger partial charge in [0.25, 0.3) is 0 Å². The highest BCUT2D eigenvalue weighted by Gasteiger charge is 2.33. The van der Waals surface area contributed by atoms with Crippen molar-refractivity contribution in [3.05, 3.63) is 38.8 Å². The average Bonchev–Trinajstić information content (AvgIpc) is 2.89. The number of sulfone groups is 1. The molecule has 0 saturated heterocycles. The number of hydrogen-bond acceptors (Lipinski definition) is 6. The number of benzene rings is 1. The predicted molar refractivity (Wildman–Crippen MR) is 98.9 cm³/mol. The molecular weight excluding hydrogens is 382 g/mol. The van der Waals surface area contributed by atoms with Crippen molar-refractivity contribution in [2.24, 2.45) is 5.73 Å². The zero-order chi connectivity index (χ0) is 18.2. The summed E-state index contributed by atoms with van der Waals surface area (Å²) in [6.45, 7) is 0.460. The first-order valence-electron chi connectivity index (χ1n) is 8.05. The Labute approximate surface area is 155 Å². The van der Waals surface area contributed by atoms with Gasteiger partial charge in [0, 0.05) is 24.3 Å². The van der Waals surface area contributed by atoms with Crippen LogP contribution < -0.4 is 5.73 Å². The maximum absolute atomic E-state index is 13.0. The van der Waals surface area contributed by atoms with Crippen LogP contribution >= 0.6 is 23.4 Å². The largest absolute Gasteiger partial charge is 0.330 e. The van der Waals surface area contributed by atoms with Gasteiger partial charge in [0.2, 0.25) is 0 Å². The number of allylic oxidation sites excluding steroid dienone is 2. The second kappa shape index (κ2) is 7.23. The third-order valence-corrected chi connectivity index (χ3v) is 7.81. The van der Waals surface area contributed by atoms with Crippen molar-refractivity contribution in [1.29, 1.82) is 0 Å². The zero-order valence-electron chi connectivity index (χ0n) is 13.5.